The van der Waals surface area contributed by atoms with Gasteiger partial charge in [0.1, 0.15) is 11.2 Å². The van der Waals surface area contributed by atoms with E-state index in [1.54, 1.807) is 0 Å². The molecule has 0 amide bonds. The third-order valence-electron chi connectivity index (χ3n) is 4.62. The molecule has 0 radical (unpaired) electrons. The first-order valence-corrected chi connectivity index (χ1v) is 9.59. The Morgan fingerprint density at radius 2 is 2.08 bits per heavy atom. The maximum atomic E-state index is 12.0. The zero-order valence-corrected chi connectivity index (χ0v) is 14.0. The zero-order chi connectivity index (χ0) is 16.6. The summed E-state index contributed by atoms with van der Waals surface area (Å²) in [6.07, 6.45) is 6.82. The number of nitrogens with zero attached hydrogens (tertiary/aromatic N) is 4. The molecule has 0 unspecified atom stereocenters. The van der Waals surface area contributed by atoms with Gasteiger partial charge in [0, 0.05) is 25.6 Å². The van der Waals surface area contributed by atoms with Crippen molar-refractivity contribution in [2.24, 2.45) is 5.92 Å². The van der Waals surface area contributed by atoms with E-state index in [0.717, 1.165) is 43.7 Å². The molecule has 0 bridgehead atoms. The predicted molar refractivity (Wildman–Crippen MR) is 86.1 cm³/mol. The molecule has 8 nitrogen and oxygen atoms in total. The molecular formula is C15H19N5O3S. The lowest BCUT2D eigenvalue weighted by atomic mass is 9.96. The summed E-state index contributed by atoms with van der Waals surface area (Å²) in [6.45, 7) is 1.95. The van der Waals surface area contributed by atoms with Crippen molar-refractivity contribution in [1.82, 2.24) is 20.1 Å². The quantitative estimate of drug-likeness (QED) is 0.850. The van der Waals surface area contributed by atoms with Gasteiger partial charge in [-0.25, -0.2) is 13.1 Å². The highest BCUT2D eigenvalue weighted by Gasteiger charge is 2.30. The SMILES string of the molecule is O=S(=O)(NCC1CN(c2cc3c(nn2)CCCC3)C1)c1cnoc1. The van der Waals surface area contributed by atoms with E-state index >= 15 is 0 Å². The highest BCUT2D eigenvalue weighted by atomic mass is 32.2. The summed E-state index contributed by atoms with van der Waals surface area (Å²) in [5, 5.41) is 12.1. The minimum Gasteiger partial charge on any atom is -0.363 e. The van der Waals surface area contributed by atoms with Crippen LogP contribution in [0, 0.1) is 5.92 Å². The molecule has 24 heavy (non-hydrogen) atoms. The van der Waals surface area contributed by atoms with Crippen molar-refractivity contribution < 1.29 is 12.9 Å². The summed E-state index contributed by atoms with van der Waals surface area (Å²) in [5.41, 5.74) is 2.44. The fourth-order valence-electron chi connectivity index (χ4n) is 3.16. The Kier molecular flexibility index (Phi) is 3.97. The lowest BCUT2D eigenvalue weighted by molar-refractivity contribution is 0.401. The Balaban J connectivity index is 1.32. The van der Waals surface area contributed by atoms with Crippen molar-refractivity contribution in [3.8, 4) is 0 Å². The Hall–Kier alpha value is -2.00. The van der Waals surface area contributed by atoms with Gasteiger partial charge in [0.05, 0.1) is 11.9 Å². The second kappa shape index (κ2) is 6.14. The fraction of sp³-hybridized carbons (Fsp3) is 0.533. The largest absolute Gasteiger partial charge is 0.363 e. The number of aryl methyl sites for hydroxylation is 2. The summed E-state index contributed by atoms with van der Waals surface area (Å²) in [4.78, 5) is 2.19. The topological polar surface area (TPSA) is 101 Å². The van der Waals surface area contributed by atoms with Crippen LogP contribution in [0.5, 0.6) is 0 Å². The molecule has 2 aromatic rings. The van der Waals surface area contributed by atoms with Crippen LogP contribution < -0.4 is 9.62 Å². The smallest absolute Gasteiger partial charge is 0.245 e. The van der Waals surface area contributed by atoms with E-state index in [0.29, 0.717) is 6.54 Å². The molecule has 0 spiro atoms. The lowest BCUT2D eigenvalue weighted by Gasteiger charge is -2.40. The summed E-state index contributed by atoms with van der Waals surface area (Å²) in [5.74, 6) is 1.16. The monoisotopic (exact) mass is 349 g/mol. The minimum absolute atomic E-state index is 0.0548. The second-order valence-electron chi connectivity index (χ2n) is 6.36. The van der Waals surface area contributed by atoms with Gasteiger partial charge in [0.25, 0.3) is 0 Å². The number of fused-ring (bicyclic) bond motifs is 1. The molecular weight excluding hydrogens is 330 g/mol. The third kappa shape index (κ3) is 3.01. The molecule has 0 atom stereocenters. The van der Waals surface area contributed by atoms with Gasteiger partial charge in [-0.15, -0.1) is 5.10 Å². The van der Waals surface area contributed by atoms with Gasteiger partial charge >= 0.3 is 0 Å². The molecule has 1 N–H and O–H groups in total. The maximum absolute atomic E-state index is 12.0. The van der Waals surface area contributed by atoms with E-state index in [9.17, 15) is 8.42 Å². The van der Waals surface area contributed by atoms with Gasteiger partial charge in [-0.05, 0) is 37.3 Å². The Bertz CT molecular complexity index is 816. The van der Waals surface area contributed by atoms with Crippen molar-refractivity contribution >= 4 is 15.8 Å². The average Bonchev–Trinajstić information content (AvgIpc) is 3.08. The highest BCUT2D eigenvalue weighted by Crippen LogP contribution is 2.26. The van der Waals surface area contributed by atoms with Crippen molar-refractivity contribution in [2.45, 2.75) is 30.6 Å². The number of aromatic nitrogens is 3. The lowest BCUT2D eigenvalue weighted by Crippen LogP contribution is -2.52. The number of sulfonamides is 1. The van der Waals surface area contributed by atoms with Crippen LogP contribution in [-0.2, 0) is 22.9 Å². The molecule has 9 heteroatoms. The normalized spacial score (nSPS) is 18.2. The first kappa shape index (κ1) is 15.5. The van der Waals surface area contributed by atoms with Gasteiger partial charge < -0.3 is 9.42 Å². The Morgan fingerprint density at radius 1 is 1.25 bits per heavy atom. The van der Waals surface area contributed by atoms with Crippen molar-refractivity contribution in [3.63, 3.8) is 0 Å². The molecule has 1 saturated heterocycles. The molecule has 1 aliphatic carbocycles. The standard InChI is InChI=1S/C15H19N5O3S/c21-24(22,13-7-16-23-10-13)17-6-11-8-20(9-11)15-5-12-3-1-2-4-14(12)18-19-15/h5,7,10-11,17H,1-4,6,8-9H2. The van der Waals surface area contributed by atoms with Gasteiger partial charge in [0.2, 0.25) is 10.0 Å². The number of hydrogen-bond acceptors (Lipinski definition) is 7. The van der Waals surface area contributed by atoms with E-state index in [4.69, 9.17) is 0 Å². The average molecular weight is 349 g/mol. The minimum atomic E-state index is -3.54. The molecule has 2 aromatic heterocycles. The van der Waals surface area contributed by atoms with E-state index < -0.39 is 10.0 Å². The van der Waals surface area contributed by atoms with Gasteiger partial charge in [0.15, 0.2) is 5.82 Å². The molecule has 3 heterocycles. The van der Waals surface area contributed by atoms with E-state index in [-0.39, 0.29) is 10.8 Å². The summed E-state index contributed by atoms with van der Waals surface area (Å²) in [6, 6.07) is 2.14. The van der Waals surface area contributed by atoms with Gasteiger partial charge in [-0.3, -0.25) is 0 Å². The van der Waals surface area contributed by atoms with Gasteiger partial charge in [-0.2, -0.15) is 5.10 Å². The maximum Gasteiger partial charge on any atom is 0.245 e. The van der Waals surface area contributed by atoms with E-state index in [1.807, 2.05) is 0 Å². The first-order chi connectivity index (χ1) is 11.6. The molecule has 1 aliphatic heterocycles. The fourth-order valence-corrected chi connectivity index (χ4v) is 4.13. The van der Waals surface area contributed by atoms with Crippen molar-refractivity contribution in [2.75, 3.05) is 24.5 Å². The first-order valence-electron chi connectivity index (χ1n) is 8.11. The predicted octanol–water partition coefficient (Wildman–Crippen LogP) is 0.758. The number of rotatable bonds is 5. The molecule has 2 aliphatic rings. The summed E-state index contributed by atoms with van der Waals surface area (Å²) < 4.78 is 31.2. The van der Waals surface area contributed by atoms with Crippen LogP contribution in [0.15, 0.2) is 27.9 Å². The van der Waals surface area contributed by atoms with E-state index in [2.05, 4.69) is 35.6 Å². The molecule has 1 fully saturated rings. The highest BCUT2D eigenvalue weighted by molar-refractivity contribution is 7.89. The Morgan fingerprint density at radius 3 is 2.88 bits per heavy atom. The number of nitrogens with one attached hydrogen (secondary N) is 1. The van der Waals surface area contributed by atoms with Crippen LogP contribution in [-0.4, -0.2) is 43.4 Å². The van der Waals surface area contributed by atoms with Crippen LogP contribution in [0.1, 0.15) is 24.1 Å². The summed E-state index contributed by atoms with van der Waals surface area (Å²) in [7, 11) is -3.54. The van der Waals surface area contributed by atoms with E-state index in [1.165, 1.54) is 24.6 Å². The van der Waals surface area contributed by atoms with Crippen molar-refractivity contribution in [1.29, 1.82) is 0 Å². The zero-order valence-electron chi connectivity index (χ0n) is 13.2. The van der Waals surface area contributed by atoms with Crippen molar-refractivity contribution in [3.05, 3.63) is 29.8 Å². The Labute approximate surface area is 140 Å². The van der Waals surface area contributed by atoms with Crippen LogP contribution in [0.25, 0.3) is 0 Å². The van der Waals surface area contributed by atoms with Crippen LogP contribution in [0.2, 0.25) is 0 Å². The molecule has 0 aromatic carbocycles. The van der Waals surface area contributed by atoms with Crippen LogP contribution in [0.4, 0.5) is 5.82 Å². The van der Waals surface area contributed by atoms with Crippen LogP contribution >= 0.6 is 0 Å². The van der Waals surface area contributed by atoms with Crippen LogP contribution in [0.3, 0.4) is 0 Å². The molecule has 4 rings (SSSR count). The molecule has 128 valence electrons. The number of anilines is 1. The van der Waals surface area contributed by atoms with Gasteiger partial charge in [-0.1, -0.05) is 5.16 Å². The third-order valence-corrected chi connectivity index (χ3v) is 5.99. The summed E-state index contributed by atoms with van der Waals surface area (Å²) >= 11 is 0. The molecule has 0 saturated carbocycles. The number of hydrogen-bond donors (Lipinski definition) is 1. The second-order valence-corrected chi connectivity index (χ2v) is 8.13.